The highest BCUT2D eigenvalue weighted by molar-refractivity contribution is 6.30. The van der Waals surface area contributed by atoms with Crippen LogP contribution in [-0.4, -0.2) is 9.97 Å². The fourth-order valence-electron chi connectivity index (χ4n) is 1.53. The summed E-state index contributed by atoms with van der Waals surface area (Å²) in [4.78, 5) is 7.97. The Kier molecular flexibility index (Phi) is 3.15. The van der Waals surface area contributed by atoms with Gasteiger partial charge in [-0.25, -0.2) is 9.97 Å². The third-order valence-corrected chi connectivity index (χ3v) is 2.48. The molecule has 0 aliphatic rings. The van der Waals surface area contributed by atoms with E-state index in [1.165, 1.54) is 12.4 Å². The van der Waals surface area contributed by atoms with Crippen molar-refractivity contribution in [3.8, 4) is 11.8 Å². The SMILES string of the molecule is Cc1cc(Cl)cc(C)c1Oc1ncc(N)cn1. The van der Waals surface area contributed by atoms with Crippen LogP contribution < -0.4 is 10.5 Å². The zero-order chi connectivity index (χ0) is 12.4. The smallest absolute Gasteiger partial charge is 0.322 e. The first kappa shape index (κ1) is 11.7. The molecule has 0 fully saturated rings. The van der Waals surface area contributed by atoms with Gasteiger partial charge in [-0.1, -0.05) is 11.6 Å². The summed E-state index contributed by atoms with van der Waals surface area (Å²) < 4.78 is 5.61. The van der Waals surface area contributed by atoms with E-state index in [0.29, 0.717) is 10.7 Å². The van der Waals surface area contributed by atoms with Gasteiger partial charge in [-0.3, -0.25) is 0 Å². The average Bonchev–Trinajstić information content (AvgIpc) is 2.26. The molecule has 0 amide bonds. The molecule has 0 atom stereocenters. The summed E-state index contributed by atoms with van der Waals surface area (Å²) in [6.45, 7) is 3.84. The number of nitrogen functional groups attached to an aromatic ring is 1. The number of anilines is 1. The molecule has 0 aliphatic carbocycles. The first-order valence-corrected chi connectivity index (χ1v) is 5.46. The Morgan fingerprint density at radius 2 is 1.65 bits per heavy atom. The number of benzene rings is 1. The molecular weight excluding hydrogens is 238 g/mol. The van der Waals surface area contributed by atoms with Gasteiger partial charge < -0.3 is 10.5 Å². The van der Waals surface area contributed by atoms with Crippen molar-refractivity contribution in [3.05, 3.63) is 40.7 Å². The summed E-state index contributed by atoms with van der Waals surface area (Å²) in [7, 11) is 0. The van der Waals surface area contributed by atoms with Crippen LogP contribution in [0.4, 0.5) is 5.69 Å². The van der Waals surface area contributed by atoms with Crippen LogP contribution in [0, 0.1) is 13.8 Å². The van der Waals surface area contributed by atoms with E-state index in [-0.39, 0.29) is 6.01 Å². The van der Waals surface area contributed by atoms with Gasteiger partial charge in [-0.15, -0.1) is 0 Å². The number of halogens is 1. The summed E-state index contributed by atoms with van der Waals surface area (Å²) in [5.74, 6) is 0.721. The van der Waals surface area contributed by atoms with E-state index in [9.17, 15) is 0 Å². The van der Waals surface area contributed by atoms with Gasteiger partial charge in [0.05, 0.1) is 18.1 Å². The Morgan fingerprint density at radius 1 is 1.12 bits per heavy atom. The average molecular weight is 250 g/mol. The highest BCUT2D eigenvalue weighted by atomic mass is 35.5. The van der Waals surface area contributed by atoms with Crippen molar-refractivity contribution < 1.29 is 4.74 Å². The minimum Gasteiger partial charge on any atom is -0.424 e. The predicted octanol–water partition coefficient (Wildman–Crippen LogP) is 3.12. The molecule has 0 aliphatic heterocycles. The van der Waals surface area contributed by atoms with Crippen LogP contribution in [0.2, 0.25) is 5.02 Å². The normalized spacial score (nSPS) is 10.3. The summed E-state index contributed by atoms with van der Waals surface area (Å²) >= 11 is 5.94. The van der Waals surface area contributed by atoms with E-state index in [2.05, 4.69) is 9.97 Å². The molecule has 0 radical (unpaired) electrons. The first-order chi connectivity index (χ1) is 8.06. The molecule has 88 valence electrons. The molecule has 1 aromatic heterocycles. The highest BCUT2D eigenvalue weighted by Crippen LogP contribution is 2.29. The van der Waals surface area contributed by atoms with Gasteiger partial charge in [0.2, 0.25) is 0 Å². The number of hydrogen-bond donors (Lipinski definition) is 1. The number of ether oxygens (including phenoxy) is 1. The lowest BCUT2D eigenvalue weighted by atomic mass is 10.1. The van der Waals surface area contributed by atoms with E-state index < -0.39 is 0 Å². The summed E-state index contributed by atoms with van der Waals surface area (Å²) in [6, 6.07) is 3.94. The van der Waals surface area contributed by atoms with E-state index in [1.54, 1.807) is 0 Å². The van der Waals surface area contributed by atoms with E-state index >= 15 is 0 Å². The maximum Gasteiger partial charge on any atom is 0.322 e. The van der Waals surface area contributed by atoms with Gasteiger partial charge in [0.25, 0.3) is 0 Å². The monoisotopic (exact) mass is 249 g/mol. The molecule has 0 spiro atoms. The number of aryl methyl sites for hydroxylation is 2. The summed E-state index contributed by atoms with van der Waals surface area (Å²) in [5, 5.41) is 0.686. The first-order valence-electron chi connectivity index (χ1n) is 5.08. The molecule has 5 heteroatoms. The lowest BCUT2D eigenvalue weighted by molar-refractivity contribution is 0.436. The maximum absolute atomic E-state index is 5.94. The number of nitrogens with two attached hydrogens (primary N) is 1. The Bertz CT molecular complexity index is 517. The second-order valence-electron chi connectivity index (χ2n) is 3.77. The van der Waals surface area contributed by atoms with Gasteiger partial charge in [0.1, 0.15) is 5.75 Å². The van der Waals surface area contributed by atoms with Crippen molar-refractivity contribution in [2.45, 2.75) is 13.8 Å². The van der Waals surface area contributed by atoms with Gasteiger partial charge >= 0.3 is 6.01 Å². The largest absolute Gasteiger partial charge is 0.424 e. The maximum atomic E-state index is 5.94. The van der Waals surface area contributed by atoms with E-state index in [1.807, 2.05) is 26.0 Å². The topological polar surface area (TPSA) is 61.0 Å². The Hall–Kier alpha value is -1.81. The van der Waals surface area contributed by atoms with Crippen molar-refractivity contribution in [1.29, 1.82) is 0 Å². The van der Waals surface area contributed by atoms with Gasteiger partial charge in [-0.05, 0) is 37.1 Å². The Morgan fingerprint density at radius 3 is 2.18 bits per heavy atom. The number of rotatable bonds is 2. The molecule has 1 heterocycles. The second kappa shape index (κ2) is 4.59. The molecule has 0 saturated heterocycles. The van der Waals surface area contributed by atoms with Gasteiger partial charge in [-0.2, -0.15) is 0 Å². The molecule has 2 rings (SSSR count). The molecule has 17 heavy (non-hydrogen) atoms. The highest BCUT2D eigenvalue weighted by Gasteiger charge is 2.08. The van der Waals surface area contributed by atoms with Crippen LogP contribution in [0.5, 0.6) is 11.8 Å². The zero-order valence-corrected chi connectivity index (χ0v) is 10.3. The van der Waals surface area contributed by atoms with Gasteiger partial charge in [0.15, 0.2) is 0 Å². The van der Waals surface area contributed by atoms with E-state index in [4.69, 9.17) is 22.1 Å². The van der Waals surface area contributed by atoms with Crippen LogP contribution in [0.3, 0.4) is 0 Å². The second-order valence-corrected chi connectivity index (χ2v) is 4.21. The quantitative estimate of drug-likeness (QED) is 0.888. The lowest BCUT2D eigenvalue weighted by Gasteiger charge is -2.10. The zero-order valence-electron chi connectivity index (χ0n) is 9.57. The van der Waals surface area contributed by atoms with Crippen LogP contribution in [0.1, 0.15) is 11.1 Å². The molecule has 0 bridgehead atoms. The van der Waals surface area contributed by atoms with Crippen LogP contribution >= 0.6 is 11.6 Å². The molecule has 4 nitrogen and oxygen atoms in total. The third kappa shape index (κ3) is 2.65. The van der Waals surface area contributed by atoms with Crippen LogP contribution in [0.25, 0.3) is 0 Å². The minimum atomic E-state index is 0.271. The van der Waals surface area contributed by atoms with Crippen molar-refractivity contribution in [2.24, 2.45) is 0 Å². The third-order valence-electron chi connectivity index (χ3n) is 2.27. The number of aromatic nitrogens is 2. The van der Waals surface area contributed by atoms with Crippen molar-refractivity contribution in [3.63, 3.8) is 0 Å². The molecule has 0 saturated carbocycles. The van der Waals surface area contributed by atoms with Crippen LogP contribution in [0.15, 0.2) is 24.5 Å². The minimum absolute atomic E-state index is 0.271. The van der Waals surface area contributed by atoms with Gasteiger partial charge in [0, 0.05) is 5.02 Å². The summed E-state index contributed by atoms with van der Waals surface area (Å²) in [6.07, 6.45) is 3.01. The standard InChI is InChI=1S/C12H12ClN3O/c1-7-3-9(13)4-8(2)11(7)17-12-15-5-10(14)6-16-12/h3-6H,14H2,1-2H3. The molecule has 0 unspecified atom stereocenters. The predicted molar refractivity (Wildman–Crippen MR) is 67.4 cm³/mol. The molecule has 2 aromatic rings. The Balaban J connectivity index is 2.33. The molecule has 2 N–H and O–H groups in total. The van der Waals surface area contributed by atoms with Crippen LogP contribution in [-0.2, 0) is 0 Å². The van der Waals surface area contributed by atoms with E-state index in [0.717, 1.165) is 16.9 Å². The fourth-order valence-corrected chi connectivity index (χ4v) is 1.86. The van der Waals surface area contributed by atoms with Crippen molar-refractivity contribution in [1.82, 2.24) is 9.97 Å². The molecule has 1 aromatic carbocycles. The van der Waals surface area contributed by atoms with Crippen molar-refractivity contribution >= 4 is 17.3 Å². The lowest BCUT2D eigenvalue weighted by Crippen LogP contribution is -1.96. The summed E-state index contributed by atoms with van der Waals surface area (Å²) in [5.41, 5.74) is 7.88. The molecular formula is C12H12ClN3O. The number of nitrogens with zero attached hydrogens (tertiary/aromatic N) is 2. The fraction of sp³-hybridized carbons (Fsp3) is 0.167. The number of hydrogen-bond acceptors (Lipinski definition) is 4. The Labute approximate surface area is 104 Å². The van der Waals surface area contributed by atoms with Crippen molar-refractivity contribution in [2.75, 3.05) is 5.73 Å².